The molecule has 2 aromatic rings. The Bertz CT molecular complexity index is 629. The van der Waals surface area contributed by atoms with Gasteiger partial charge in [-0.3, -0.25) is 10.1 Å². The Morgan fingerprint density at radius 3 is 2.65 bits per heavy atom. The van der Waals surface area contributed by atoms with Gasteiger partial charge in [-0.25, -0.2) is 4.98 Å². The van der Waals surface area contributed by atoms with E-state index in [-0.39, 0.29) is 11.6 Å². The molecule has 1 aromatic carbocycles. The summed E-state index contributed by atoms with van der Waals surface area (Å²) in [7, 11) is 0. The van der Waals surface area contributed by atoms with Gasteiger partial charge in [-0.15, -0.1) is 0 Å². The number of aliphatic hydroxyl groups is 1. The number of nitro groups is 1. The van der Waals surface area contributed by atoms with Crippen LogP contribution in [0, 0.1) is 15.9 Å². The molecule has 0 saturated carbocycles. The molecule has 0 saturated heterocycles. The number of benzene rings is 1. The van der Waals surface area contributed by atoms with Crippen LogP contribution in [0.5, 0.6) is 11.6 Å². The number of nitrogens with zero attached hydrogens (tertiary/aromatic N) is 2. The van der Waals surface area contributed by atoms with Gasteiger partial charge in [0.1, 0.15) is 5.75 Å². The lowest BCUT2D eigenvalue weighted by Crippen LogP contribution is -1.95. The first-order valence-corrected chi connectivity index (χ1v) is 5.73. The van der Waals surface area contributed by atoms with Crippen molar-refractivity contribution in [3.63, 3.8) is 0 Å². The van der Waals surface area contributed by atoms with Gasteiger partial charge in [0.2, 0.25) is 11.7 Å². The zero-order valence-electron chi connectivity index (χ0n) is 10.5. The summed E-state index contributed by atoms with van der Waals surface area (Å²) < 4.78 is 18.7. The molecule has 7 heteroatoms. The second kappa shape index (κ2) is 5.62. The van der Waals surface area contributed by atoms with Gasteiger partial charge in [0.25, 0.3) is 0 Å². The maximum Gasteiger partial charge on any atom is 0.305 e. The van der Waals surface area contributed by atoms with Crippen LogP contribution in [0.2, 0.25) is 0 Å². The predicted octanol–water partition coefficient (Wildman–Crippen LogP) is 2.97. The van der Waals surface area contributed by atoms with E-state index >= 15 is 0 Å². The Morgan fingerprint density at radius 1 is 1.40 bits per heavy atom. The van der Waals surface area contributed by atoms with Crippen LogP contribution < -0.4 is 4.74 Å². The van der Waals surface area contributed by atoms with Crippen LogP contribution in [-0.2, 0) is 0 Å². The lowest BCUT2D eigenvalue weighted by atomic mass is 10.2. The van der Waals surface area contributed by atoms with E-state index in [9.17, 15) is 19.6 Å². The van der Waals surface area contributed by atoms with Crippen molar-refractivity contribution in [3.05, 3.63) is 58.0 Å². The number of ether oxygens (including phenoxy) is 1. The summed E-state index contributed by atoms with van der Waals surface area (Å²) >= 11 is 0. The fourth-order valence-corrected chi connectivity index (χ4v) is 1.52. The highest BCUT2D eigenvalue weighted by Gasteiger charge is 2.14. The Hall–Kier alpha value is -2.54. The van der Waals surface area contributed by atoms with Gasteiger partial charge < -0.3 is 9.84 Å². The van der Waals surface area contributed by atoms with Crippen LogP contribution in [0.15, 0.2) is 36.5 Å². The van der Waals surface area contributed by atoms with E-state index < -0.39 is 22.5 Å². The standard InChI is InChI=1S/C13H11FN2O4/c1-8(17)9-2-5-13(15-7-9)20-10-3-4-12(16(18)19)11(14)6-10/h2-8,17H,1H3. The lowest BCUT2D eigenvalue weighted by Gasteiger charge is -2.07. The molecule has 1 heterocycles. The molecule has 0 aliphatic heterocycles. The highest BCUT2D eigenvalue weighted by molar-refractivity contribution is 5.39. The van der Waals surface area contributed by atoms with Gasteiger partial charge in [-0.2, -0.15) is 4.39 Å². The minimum atomic E-state index is -0.979. The SMILES string of the molecule is CC(O)c1ccc(Oc2ccc([N+](=O)[O-])c(F)c2)nc1. The van der Waals surface area contributed by atoms with Crippen molar-refractivity contribution in [1.29, 1.82) is 0 Å². The molecule has 0 aliphatic rings. The third-order valence-corrected chi connectivity index (χ3v) is 2.58. The molecule has 0 aliphatic carbocycles. The molecule has 1 aromatic heterocycles. The van der Waals surface area contributed by atoms with Crippen molar-refractivity contribution in [1.82, 2.24) is 4.98 Å². The van der Waals surface area contributed by atoms with Crippen molar-refractivity contribution < 1.29 is 19.2 Å². The van der Waals surface area contributed by atoms with E-state index in [1.165, 1.54) is 18.3 Å². The Morgan fingerprint density at radius 2 is 2.15 bits per heavy atom. The predicted molar refractivity (Wildman–Crippen MR) is 68.0 cm³/mol. The maximum atomic E-state index is 13.4. The summed E-state index contributed by atoms with van der Waals surface area (Å²) in [5.74, 6) is -0.679. The van der Waals surface area contributed by atoms with Gasteiger partial charge in [0.15, 0.2) is 0 Å². The molecule has 0 amide bonds. The van der Waals surface area contributed by atoms with Gasteiger partial charge in [0.05, 0.1) is 11.0 Å². The topological polar surface area (TPSA) is 85.5 Å². The highest BCUT2D eigenvalue weighted by atomic mass is 19.1. The number of rotatable bonds is 4. The fraction of sp³-hybridized carbons (Fsp3) is 0.154. The van der Waals surface area contributed by atoms with Crippen LogP contribution in [-0.4, -0.2) is 15.0 Å². The summed E-state index contributed by atoms with van der Waals surface area (Å²) in [5, 5.41) is 19.8. The van der Waals surface area contributed by atoms with E-state index in [1.807, 2.05) is 0 Å². The molecule has 1 N–H and O–H groups in total. The first kappa shape index (κ1) is 13.9. The first-order valence-electron chi connectivity index (χ1n) is 5.73. The fourth-order valence-electron chi connectivity index (χ4n) is 1.52. The van der Waals surface area contributed by atoms with Crippen LogP contribution in [0.1, 0.15) is 18.6 Å². The van der Waals surface area contributed by atoms with E-state index in [4.69, 9.17) is 4.74 Å². The molecule has 0 radical (unpaired) electrons. The lowest BCUT2D eigenvalue weighted by molar-refractivity contribution is -0.387. The summed E-state index contributed by atoms with van der Waals surface area (Å²) in [6, 6.07) is 6.36. The normalized spacial score (nSPS) is 11.9. The van der Waals surface area contributed by atoms with Crippen LogP contribution in [0.4, 0.5) is 10.1 Å². The molecule has 2 rings (SSSR count). The van der Waals surface area contributed by atoms with Gasteiger partial charge >= 0.3 is 5.69 Å². The minimum absolute atomic E-state index is 0.102. The van der Waals surface area contributed by atoms with Crippen LogP contribution in [0.3, 0.4) is 0 Å². The van der Waals surface area contributed by atoms with Gasteiger partial charge in [0, 0.05) is 24.4 Å². The number of aromatic nitrogens is 1. The zero-order chi connectivity index (χ0) is 14.7. The molecule has 1 unspecified atom stereocenters. The van der Waals surface area contributed by atoms with Crippen LogP contribution in [0.25, 0.3) is 0 Å². The van der Waals surface area contributed by atoms with Gasteiger partial charge in [-0.05, 0) is 24.6 Å². The summed E-state index contributed by atoms with van der Waals surface area (Å²) in [6.07, 6.45) is 0.787. The minimum Gasteiger partial charge on any atom is -0.439 e. The number of aliphatic hydroxyl groups excluding tert-OH is 1. The van der Waals surface area contributed by atoms with Gasteiger partial charge in [-0.1, -0.05) is 0 Å². The zero-order valence-corrected chi connectivity index (χ0v) is 10.5. The molecule has 104 valence electrons. The molecular formula is C13H11FN2O4. The Labute approximate surface area is 113 Å². The monoisotopic (exact) mass is 278 g/mol. The number of nitro benzene ring substituents is 1. The molecular weight excluding hydrogens is 267 g/mol. The van der Waals surface area contributed by atoms with Crippen molar-refractivity contribution in [3.8, 4) is 11.6 Å². The number of hydrogen-bond donors (Lipinski definition) is 1. The molecule has 0 spiro atoms. The van der Waals surface area contributed by atoms with E-state index in [1.54, 1.807) is 13.0 Å². The largest absolute Gasteiger partial charge is 0.439 e. The quantitative estimate of drug-likeness (QED) is 0.686. The summed E-state index contributed by atoms with van der Waals surface area (Å²) in [4.78, 5) is 13.6. The number of halogens is 1. The van der Waals surface area contributed by atoms with E-state index in [2.05, 4.69) is 4.98 Å². The molecule has 0 fully saturated rings. The van der Waals surface area contributed by atoms with Crippen molar-refractivity contribution in [2.75, 3.05) is 0 Å². The number of pyridine rings is 1. The first-order chi connectivity index (χ1) is 9.47. The third-order valence-electron chi connectivity index (χ3n) is 2.58. The molecule has 6 nitrogen and oxygen atoms in total. The second-order valence-corrected chi connectivity index (χ2v) is 4.08. The Kier molecular flexibility index (Phi) is 3.90. The third kappa shape index (κ3) is 3.07. The Balaban J connectivity index is 2.17. The van der Waals surface area contributed by atoms with Crippen molar-refractivity contribution in [2.24, 2.45) is 0 Å². The van der Waals surface area contributed by atoms with Crippen LogP contribution >= 0.6 is 0 Å². The van der Waals surface area contributed by atoms with Crippen molar-refractivity contribution >= 4 is 5.69 Å². The van der Waals surface area contributed by atoms with E-state index in [0.717, 1.165) is 12.1 Å². The molecule has 20 heavy (non-hydrogen) atoms. The van der Waals surface area contributed by atoms with Crippen molar-refractivity contribution in [2.45, 2.75) is 13.0 Å². The second-order valence-electron chi connectivity index (χ2n) is 4.08. The molecule has 1 atom stereocenters. The molecule has 0 bridgehead atoms. The summed E-state index contributed by atoms with van der Waals surface area (Å²) in [5.41, 5.74) is 0.00184. The average Bonchev–Trinajstić information content (AvgIpc) is 2.39. The summed E-state index contributed by atoms with van der Waals surface area (Å²) in [6.45, 7) is 1.60. The van der Waals surface area contributed by atoms with E-state index in [0.29, 0.717) is 5.56 Å². The maximum absolute atomic E-state index is 13.4. The highest BCUT2D eigenvalue weighted by Crippen LogP contribution is 2.26. The smallest absolute Gasteiger partial charge is 0.305 e. The average molecular weight is 278 g/mol. The number of hydrogen-bond acceptors (Lipinski definition) is 5.